The minimum absolute atomic E-state index is 0.0270. The van der Waals surface area contributed by atoms with Crippen LogP contribution in [0.1, 0.15) is 29.7 Å². The maximum absolute atomic E-state index is 13.0. The molecule has 3 rings (SSSR count). The topological polar surface area (TPSA) is 113 Å². The summed E-state index contributed by atoms with van der Waals surface area (Å²) >= 11 is 5.89. The van der Waals surface area contributed by atoms with Gasteiger partial charge >= 0.3 is 6.03 Å². The van der Waals surface area contributed by atoms with Gasteiger partial charge in [0.1, 0.15) is 5.02 Å². The van der Waals surface area contributed by atoms with Crippen molar-refractivity contribution in [2.45, 2.75) is 26.8 Å². The molecule has 0 radical (unpaired) electrons. The second kappa shape index (κ2) is 7.92. The molecule has 2 aromatic carbocycles. The number of rotatable bonds is 4. The number of hydrogen-bond donors (Lipinski definition) is 3. The van der Waals surface area contributed by atoms with Gasteiger partial charge in [0.15, 0.2) is 0 Å². The van der Waals surface area contributed by atoms with Crippen LogP contribution in [0.15, 0.2) is 47.7 Å². The van der Waals surface area contributed by atoms with Crippen molar-refractivity contribution in [3.63, 3.8) is 0 Å². The van der Waals surface area contributed by atoms with Gasteiger partial charge in [0.2, 0.25) is 0 Å². The minimum atomic E-state index is -0.869. The lowest BCUT2D eigenvalue weighted by Crippen LogP contribution is -2.46. The lowest BCUT2D eigenvalue weighted by Gasteiger charge is -2.28. The molecule has 8 nitrogen and oxygen atoms in total. The Kier molecular flexibility index (Phi) is 5.56. The van der Waals surface area contributed by atoms with Crippen molar-refractivity contribution in [1.82, 2.24) is 10.6 Å². The second-order valence-electron chi connectivity index (χ2n) is 6.79. The summed E-state index contributed by atoms with van der Waals surface area (Å²) in [5.74, 6) is -0.430. The Labute approximate surface area is 172 Å². The van der Waals surface area contributed by atoms with Crippen LogP contribution in [-0.2, 0) is 4.79 Å². The van der Waals surface area contributed by atoms with E-state index in [4.69, 9.17) is 11.6 Å². The average Bonchev–Trinajstić information content (AvgIpc) is 2.64. The van der Waals surface area contributed by atoms with Crippen molar-refractivity contribution >= 4 is 34.9 Å². The van der Waals surface area contributed by atoms with Crippen molar-refractivity contribution < 1.29 is 14.5 Å². The van der Waals surface area contributed by atoms with Gasteiger partial charge in [-0.15, -0.1) is 0 Å². The molecule has 0 spiro atoms. The molecule has 3 N–H and O–H groups in total. The van der Waals surface area contributed by atoms with Crippen LogP contribution in [0.2, 0.25) is 5.02 Å². The van der Waals surface area contributed by atoms with Gasteiger partial charge in [-0.25, -0.2) is 4.79 Å². The van der Waals surface area contributed by atoms with E-state index < -0.39 is 22.9 Å². The number of anilines is 1. The maximum Gasteiger partial charge on any atom is 0.319 e. The number of hydrogen-bond acceptors (Lipinski definition) is 4. The van der Waals surface area contributed by atoms with E-state index in [0.29, 0.717) is 16.9 Å². The van der Waals surface area contributed by atoms with E-state index in [1.54, 1.807) is 19.1 Å². The summed E-state index contributed by atoms with van der Waals surface area (Å²) in [4.78, 5) is 35.7. The summed E-state index contributed by atoms with van der Waals surface area (Å²) in [5.41, 5.74) is 3.40. The number of halogens is 1. The molecule has 0 saturated heterocycles. The molecule has 1 heterocycles. The van der Waals surface area contributed by atoms with Gasteiger partial charge in [-0.1, -0.05) is 23.7 Å². The third-order valence-corrected chi connectivity index (χ3v) is 5.10. The number of allylic oxidation sites excluding steroid dienone is 1. The quantitative estimate of drug-likeness (QED) is 0.515. The first-order valence-electron chi connectivity index (χ1n) is 8.78. The average molecular weight is 415 g/mol. The summed E-state index contributed by atoms with van der Waals surface area (Å²) in [6.45, 7) is 5.51. The summed E-state index contributed by atoms with van der Waals surface area (Å²) in [6.07, 6.45) is 0. The van der Waals surface area contributed by atoms with Gasteiger partial charge in [0.05, 0.1) is 16.5 Å². The number of urea groups is 1. The van der Waals surface area contributed by atoms with Crippen molar-refractivity contribution in [1.29, 1.82) is 0 Å². The fraction of sp³-hybridized carbons (Fsp3) is 0.200. The predicted molar refractivity (Wildman–Crippen MR) is 110 cm³/mol. The molecule has 1 aliphatic heterocycles. The summed E-state index contributed by atoms with van der Waals surface area (Å²) in [6, 6.07) is 8.33. The predicted octanol–water partition coefficient (Wildman–Crippen LogP) is 4.13. The molecular weight excluding hydrogens is 396 g/mol. The van der Waals surface area contributed by atoms with Crippen LogP contribution < -0.4 is 16.0 Å². The normalized spacial score (nSPS) is 16.1. The number of aryl methyl sites for hydroxylation is 2. The van der Waals surface area contributed by atoms with E-state index in [1.165, 1.54) is 12.1 Å². The molecular formula is C20H19ClN4O4. The zero-order chi connectivity index (χ0) is 21.3. The zero-order valence-electron chi connectivity index (χ0n) is 16.0. The van der Waals surface area contributed by atoms with Gasteiger partial charge in [0, 0.05) is 17.5 Å². The third-order valence-electron chi connectivity index (χ3n) is 4.78. The standard InChI is InChI=1S/C20H19ClN4O4/c1-10-4-6-14(8-11(10)2)23-19(26)17-12(3)22-20(27)24-18(17)13-5-7-15(21)16(9-13)25(28)29/h4-9,18H,1-3H3,(H,23,26)(H2,22,24,27)/t18-/m0/s1. The Bertz CT molecular complexity index is 1060. The molecule has 29 heavy (non-hydrogen) atoms. The molecule has 0 bridgehead atoms. The van der Waals surface area contributed by atoms with Crippen molar-refractivity contribution in [2.24, 2.45) is 0 Å². The molecule has 0 fully saturated rings. The fourth-order valence-corrected chi connectivity index (χ4v) is 3.30. The number of benzene rings is 2. The second-order valence-corrected chi connectivity index (χ2v) is 7.20. The van der Waals surface area contributed by atoms with Crippen LogP contribution in [0.5, 0.6) is 0 Å². The highest BCUT2D eigenvalue weighted by molar-refractivity contribution is 6.32. The third kappa shape index (κ3) is 4.22. The molecule has 0 aromatic heterocycles. The lowest BCUT2D eigenvalue weighted by atomic mass is 9.94. The summed E-state index contributed by atoms with van der Waals surface area (Å²) in [5, 5.41) is 19.3. The van der Waals surface area contributed by atoms with Gasteiger partial charge < -0.3 is 16.0 Å². The number of carbonyl (C=O) groups excluding carboxylic acids is 2. The van der Waals surface area contributed by atoms with Crippen molar-refractivity contribution in [3.8, 4) is 0 Å². The van der Waals surface area contributed by atoms with Gasteiger partial charge in [-0.3, -0.25) is 14.9 Å². The molecule has 3 amide bonds. The Morgan fingerprint density at radius 1 is 1.14 bits per heavy atom. The van der Waals surface area contributed by atoms with Crippen LogP contribution in [0.4, 0.5) is 16.2 Å². The zero-order valence-corrected chi connectivity index (χ0v) is 16.8. The van der Waals surface area contributed by atoms with Crippen LogP contribution in [0.3, 0.4) is 0 Å². The highest BCUT2D eigenvalue weighted by Gasteiger charge is 2.32. The Hall–Kier alpha value is -3.39. The van der Waals surface area contributed by atoms with E-state index in [-0.39, 0.29) is 16.3 Å². The smallest absolute Gasteiger partial charge is 0.319 e. The van der Waals surface area contributed by atoms with Crippen LogP contribution in [0, 0.1) is 24.0 Å². The largest absolute Gasteiger partial charge is 0.327 e. The highest BCUT2D eigenvalue weighted by Crippen LogP contribution is 2.33. The Balaban J connectivity index is 2.00. The highest BCUT2D eigenvalue weighted by atomic mass is 35.5. The van der Waals surface area contributed by atoms with E-state index >= 15 is 0 Å². The number of carbonyl (C=O) groups is 2. The van der Waals surface area contributed by atoms with E-state index in [2.05, 4.69) is 16.0 Å². The Morgan fingerprint density at radius 2 is 1.86 bits per heavy atom. The molecule has 2 aromatic rings. The first kappa shape index (κ1) is 20.3. The van der Waals surface area contributed by atoms with E-state index in [0.717, 1.165) is 11.1 Å². The molecule has 0 saturated carbocycles. The molecule has 1 aliphatic rings. The number of amides is 3. The number of nitro benzene ring substituents is 1. The van der Waals surface area contributed by atoms with E-state index in [1.807, 2.05) is 26.0 Å². The SMILES string of the molecule is CC1=C(C(=O)Nc2ccc(C)c(C)c2)[C@H](c2ccc(Cl)c([N+](=O)[O-])c2)NC(=O)N1. The molecule has 0 unspecified atom stereocenters. The minimum Gasteiger partial charge on any atom is -0.327 e. The molecule has 150 valence electrons. The fourth-order valence-electron chi connectivity index (χ4n) is 3.11. The monoisotopic (exact) mass is 414 g/mol. The number of nitrogens with one attached hydrogen (secondary N) is 3. The van der Waals surface area contributed by atoms with Crippen molar-refractivity contribution in [3.05, 3.63) is 79.5 Å². The Morgan fingerprint density at radius 3 is 2.52 bits per heavy atom. The molecule has 9 heteroatoms. The number of nitrogens with zero attached hydrogens (tertiary/aromatic N) is 1. The van der Waals surface area contributed by atoms with E-state index in [9.17, 15) is 19.7 Å². The number of nitro groups is 1. The van der Waals surface area contributed by atoms with Crippen LogP contribution in [-0.4, -0.2) is 16.9 Å². The van der Waals surface area contributed by atoms with Crippen molar-refractivity contribution in [2.75, 3.05) is 5.32 Å². The van der Waals surface area contributed by atoms with Gasteiger partial charge in [-0.05, 0) is 55.7 Å². The lowest BCUT2D eigenvalue weighted by molar-refractivity contribution is -0.384. The summed E-state index contributed by atoms with van der Waals surface area (Å²) in [7, 11) is 0. The van der Waals surface area contributed by atoms with Crippen LogP contribution >= 0.6 is 11.6 Å². The molecule has 0 aliphatic carbocycles. The van der Waals surface area contributed by atoms with Crippen LogP contribution in [0.25, 0.3) is 0 Å². The molecule has 1 atom stereocenters. The van der Waals surface area contributed by atoms with Gasteiger partial charge in [0.25, 0.3) is 11.6 Å². The van der Waals surface area contributed by atoms with Gasteiger partial charge in [-0.2, -0.15) is 0 Å². The first-order chi connectivity index (χ1) is 13.7. The first-order valence-corrected chi connectivity index (χ1v) is 9.16. The summed E-state index contributed by atoms with van der Waals surface area (Å²) < 4.78 is 0. The maximum atomic E-state index is 13.0.